The Bertz CT molecular complexity index is 833. The molecular formula is C18H15FN4. The van der Waals surface area contributed by atoms with Crippen LogP contribution in [0.5, 0.6) is 0 Å². The summed E-state index contributed by atoms with van der Waals surface area (Å²) in [6, 6.07) is 8.53. The van der Waals surface area contributed by atoms with Gasteiger partial charge in [-0.1, -0.05) is 12.1 Å². The highest BCUT2D eigenvalue weighted by Crippen LogP contribution is 2.55. The lowest BCUT2D eigenvalue weighted by Crippen LogP contribution is -2.00. The zero-order valence-corrected chi connectivity index (χ0v) is 12.6. The van der Waals surface area contributed by atoms with Crippen LogP contribution in [0.15, 0.2) is 48.9 Å². The van der Waals surface area contributed by atoms with Gasteiger partial charge in [-0.25, -0.2) is 24.3 Å². The molecule has 0 saturated heterocycles. The van der Waals surface area contributed by atoms with Gasteiger partial charge in [0.2, 0.25) is 0 Å². The molecule has 1 aromatic carbocycles. The second kappa shape index (κ2) is 5.50. The van der Waals surface area contributed by atoms with Crippen LogP contribution in [0.1, 0.15) is 35.1 Å². The summed E-state index contributed by atoms with van der Waals surface area (Å²) in [7, 11) is 0. The number of hydrogen-bond acceptors (Lipinski definition) is 4. The van der Waals surface area contributed by atoms with Crippen LogP contribution in [0.3, 0.4) is 0 Å². The average Bonchev–Trinajstić information content (AvgIpc) is 3.36. The van der Waals surface area contributed by atoms with E-state index in [1.54, 1.807) is 18.5 Å². The van der Waals surface area contributed by atoms with Crippen molar-refractivity contribution in [1.82, 2.24) is 19.9 Å². The van der Waals surface area contributed by atoms with E-state index in [1.807, 2.05) is 25.3 Å². The lowest BCUT2D eigenvalue weighted by Gasteiger charge is -2.06. The van der Waals surface area contributed by atoms with E-state index in [9.17, 15) is 4.39 Å². The summed E-state index contributed by atoms with van der Waals surface area (Å²) in [5, 5.41) is 0. The van der Waals surface area contributed by atoms with Crippen LogP contribution in [0.25, 0.3) is 11.6 Å². The molecule has 2 atom stereocenters. The number of rotatable bonds is 3. The largest absolute Gasteiger partial charge is 0.234 e. The van der Waals surface area contributed by atoms with Crippen molar-refractivity contribution in [3.05, 3.63) is 71.6 Å². The molecule has 1 saturated carbocycles. The van der Waals surface area contributed by atoms with Gasteiger partial charge in [0.25, 0.3) is 0 Å². The molecule has 0 aliphatic heterocycles. The first kappa shape index (κ1) is 13.9. The zero-order valence-electron chi connectivity index (χ0n) is 12.6. The summed E-state index contributed by atoms with van der Waals surface area (Å²) in [4.78, 5) is 17.3. The third-order valence-corrected chi connectivity index (χ3v) is 4.27. The zero-order chi connectivity index (χ0) is 15.8. The summed E-state index contributed by atoms with van der Waals surface area (Å²) >= 11 is 0. The Balaban J connectivity index is 1.58. The maximum Gasteiger partial charge on any atom is 0.197 e. The van der Waals surface area contributed by atoms with E-state index in [0.717, 1.165) is 17.7 Å². The van der Waals surface area contributed by atoms with Gasteiger partial charge < -0.3 is 0 Å². The fraction of sp³-hybridized carbons (Fsp3) is 0.222. The minimum absolute atomic E-state index is 0.197. The van der Waals surface area contributed by atoms with Crippen LogP contribution >= 0.6 is 0 Å². The van der Waals surface area contributed by atoms with Crippen LogP contribution in [0.2, 0.25) is 0 Å². The van der Waals surface area contributed by atoms with Gasteiger partial charge in [-0.3, -0.25) is 0 Å². The second-order valence-corrected chi connectivity index (χ2v) is 5.81. The average molecular weight is 306 g/mol. The van der Waals surface area contributed by atoms with Gasteiger partial charge in [-0.05, 0) is 54.5 Å². The Morgan fingerprint density at radius 1 is 0.957 bits per heavy atom. The standard InChI is InChI=1S/C18H15FN4/c1-11-16(10-22-18(23-11)17-20-7-2-8-21-17)15-9-14(15)12-3-5-13(19)6-4-12/h2-8,10,14-15H,9H2,1H3. The molecule has 0 radical (unpaired) electrons. The van der Waals surface area contributed by atoms with E-state index in [0.29, 0.717) is 23.5 Å². The summed E-state index contributed by atoms with van der Waals surface area (Å²) in [6.07, 6.45) is 6.29. The van der Waals surface area contributed by atoms with Gasteiger partial charge in [-0.15, -0.1) is 0 Å². The van der Waals surface area contributed by atoms with Crippen LogP contribution < -0.4 is 0 Å². The molecule has 2 aromatic heterocycles. The number of nitrogens with zero attached hydrogens (tertiary/aromatic N) is 4. The summed E-state index contributed by atoms with van der Waals surface area (Å²) in [5.41, 5.74) is 3.28. The number of hydrogen-bond donors (Lipinski definition) is 0. The maximum absolute atomic E-state index is 13.0. The number of aryl methyl sites for hydroxylation is 1. The minimum atomic E-state index is -0.197. The third-order valence-electron chi connectivity index (χ3n) is 4.27. The molecule has 1 aliphatic carbocycles. The van der Waals surface area contributed by atoms with Gasteiger partial charge >= 0.3 is 0 Å². The molecule has 3 aromatic rings. The topological polar surface area (TPSA) is 51.6 Å². The van der Waals surface area contributed by atoms with Crippen molar-refractivity contribution in [1.29, 1.82) is 0 Å². The molecular weight excluding hydrogens is 291 g/mol. The van der Waals surface area contributed by atoms with Crippen LogP contribution in [0.4, 0.5) is 4.39 Å². The van der Waals surface area contributed by atoms with Crippen molar-refractivity contribution < 1.29 is 4.39 Å². The first-order chi connectivity index (χ1) is 11.2. The Morgan fingerprint density at radius 2 is 1.70 bits per heavy atom. The SMILES string of the molecule is Cc1nc(-c2ncccn2)ncc1C1CC1c1ccc(F)cc1. The van der Waals surface area contributed by atoms with E-state index in [1.165, 1.54) is 17.7 Å². The molecule has 0 bridgehead atoms. The van der Waals surface area contributed by atoms with E-state index in [2.05, 4.69) is 19.9 Å². The quantitative estimate of drug-likeness (QED) is 0.741. The minimum Gasteiger partial charge on any atom is -0.234 e. The van der Waals surface area contributed by atoms with Crippen LogP contribution in [0, 0.1) is 12.7 Å². The van der Waals surface area contributed by atoms with E-state index in [-0.39, 0.29) is 5.82 Å². The van der Waals surface area contributed by atoms with Crippen molar-refractivity contribution >= 4 is 0 Å². The summed E-state index contributed by atoms with van der Waals surface area (Å²) in [5.74, 6) is 1.72. The lowest BCUT2D eigenvalue weighted by atomic mass is 10.0. The Kier molecular flexibility index (Phi) is 3.33. The first-order valence-corrected chi connectivity index (χ1v) is 7.59. The predicted molar refractivity (Wildman–Crippen MR) is 84.3 cm³/mol. The first-order valence-electron chi connectivity index (χ1n) is 7.59. The van der Waals surface area contributed by atoms with E-state index < -0.39 is 0 Å². The van der Waals surface area contributed by atoms with Crippen molar-refractivity contribution in [2.24, 2.45) is 0 Å². The fourth-order valence-electron chi connectivity index (χ4n) is 2.98. The van der Waals surface area contributed by atoms with E-state index >= 15 is 0 Å². The van der Waals surface area contributed by atoms with Gasteiger partial charge in [-0.2, -0.15) is 0 Å². The second-order valence-electron chi connectivity index (χ2n) is 5.81. The van der Waals surface area contributed by atoms with E-state index in [4.69, 9.17) is 0 Å². The normalized spacial score (nSPS) is 19.6. The van der Waals surface area contributed by atoms with Crippen LogP contribution in [-0.4, -0.2) is 19.9 Å². The molecule has 0 amide bonds. The molecule has 1 aliphatic rings. The fourth-order valence-corrected chi connectivity index (χ4v) is 2.98. The molecule has 2 heterocycles. The molecule has 4 rings (SSSR count). The highest BCUT2D eigenvalue weighted by Gasteiger charge is 2.40. The maximum atomic E-state index is 13.0. The van der Waals surface area contributed by atoms with Crippen LogP contribution in [-0.2, 0) is 0 Å². The molecule has 23 heavy (non-hydrogen) atoms. The predicted octanol–water partition coefficient (Wildman–Crippen LogP) is 3.65. The number of aromatic nitrogens is 4. The molecule has 4 nitrogen and oxygen atoms in total. The monoisotopic (exact) mass is 306 g/mol. The smallest absolute Gasteiger partial charge is 0.197 e. The Morgan fingerprint density at radius 3 is 2.39 bits per heavy atom. The Hall–Kier alpha value is -2.69. The van der Waals surface area contributed by atoms with Crippen molar-refractivity contribution in [2.45, 2.75) is 25.2 Å². The Labute approximate surface area is 133 Å². The van der Waals surface area contributed by atoms with Crippen molar-refractivity contribution in [2.75, 3.05) is 0 Å². The highest BCUT2D eigenvalue weighted by atomic mass is 19.1. The molecule has 0 N–H and O–H groups in total. The molecule has 114 valence electrons. The van der Waals surface area contributed by atoms with Gasteiger partial charge in [0.1, 0.15) is 5.82 Å². The number of benzene rings is 1. The number of halogens is 1. The molecule has 2 unspecified atom stereocenters. The van der Waals surface area contributed by atoms with Gasteiger partial charge in [0.05, 0.1) is 0 Å². The van der Waals surface area contributed by atoms with Crippen molar-refractivity contribution in [3.8, 4) is 11.6 Å². The molecule has 1 fully saturated rings. The van der Waals surface area contributed by atoms with Crippen molar-refractivity contribution in [3.63, 3.8) is 0 Å². The highest BCUT2D eigenvalue weighted by molar-refractivity contribution is 5.45. The third kappa shape index (κ3) is 2.70. The van der Waals surface area contributed by atoms with Gasteiger partial charge in [0.15, 0.2) is 11.6 Å². The molecule has 5 heteroatoms. The molecule has 0 spiro atoms. The van der Waals surface area contributed by atoms with Gasteiger partial charge in [0, 0.05) is 24.3 Å². The lowest BCUT2D eigenvalue weighted by molar-refractivity contribution is 0.627. The summed E-state index contributed by atoms with van der Waals surface area (Å²) in [6.45, 7) is 1.99. The summed E-state index contributed by atoms with van der Waals surface area (Å²) < 4.78 is 13.0.